The van der Waals surface area contributed by atoms with Crippen molar-refractivity contribution in [1.29, 1.82) is 0 Å². The number of nitrogens with two attached hydrogens (primary N) is 1. The van der Waals surface area contributed by atoms with Crippen LogP contribution in [0.5, 0.6) is 0 Å². The molecule has 0 aliphatic rings. The zero-order valence-electron chi connectivity index (χ0n) is 10.9. The van der Waals surface area contributed by atoms with Gasteiger partial charge in [-0.2, -0.15) is 20.1 Å². The molecule has 0 atom stereocenters. The molecule has 0 unspecified atom stereocenters. The van der Waals surface area contributed by atoms with Gasteiger partial charge < -0.3 is 10.7 Å². The number of anilines is 1. The number of H-pyrrole nitrogens is 1. The number of hydrogen-bond acceptors (Lipinski definition) is 8. The molecule has 21 heavy (non-hydrogen) atoms. The van der Waals surface area contributed by atoms with Gasteiger partial charge in [0.15, 0.2) is 5.16 Å². The first-order valence-corrected chi connectivity index (χ1v) is 6.69. The molecular formula is C11H10N8OS. The second-order valence-corrected chi connectivity index (χ2v) is 4.98. The maximum atomic E-state index is 11.4. The van der Waals surface area contributed by atoms with Gasteiger partial charge in [0.1, 0.15) is 0 Å². The van der Waals surface area contributed by atoms with Crippen molar-refractivity contribution < 1.29 is 0 Å². The molecule has 0 fully saturated rings. The topological polar surface area (TPSA) is 128 Å². The summed E-state index contributed by atoms with van der Waals surface area (Å²) in [5.74, 6) is 0.359. The standard InChI is InChI=1S/C11H10N8OS/c1-6-5-7(20)15-10(14-6)21-11-17-8(12)16-9(18-11)19-4-2-3-13-19/h2-5H,1H3,(H,14,15,20)(H2,12,16,17,18). The van der Waals surface area contributed by atoms with Crippen molar-refractivity contribution in [2.45, 2.75) is 17.2 Å². The lowest BCUT2D eigenvalue weighted by molar-refractivity contribution is 0.762. The minimum atomic E-state index is -0.237. The minimum absolute atomic E-state index is 0.0630. The monoisotopic (exact) mass is 302 g/mol. The Bertz CT molecular complexity index is 828. The van der Waals surface area contributed by atoms with E-state index in [4.69, 9.17) is 5.73 Å². The van der Waals surface area contributed by atoms with Gasteiger partial charge in [0.2, 0.25) is 11.1 Å². The first kappa shape index (κ1) is 13.2. The Morgan fingerprint density at radius 2 is 2.14 bits per heavy atom. The molecule has 0 spiro atoms. The van der Waals surface area contributed by atoms with Crippen LogP contribution < -0.4 is 11.3 Å². The number of aromatic amines is 1. The largest absolute Gasteiger partial charge is 0.368 e. The quantitative estimate of drug-likeness (QED) is 0.656. The lowest BCUT2D eigenvalue weighted by Gasteiger charge is -2.04. The van der Waals surface area contributed by atoms with Crippen molar-refractivity contribution in [3.8, 4) is 5.95 Å². The summed E-state index contributed by atoms with van der Waals surface area (Å²) in [6.45, 7) is 1.73. The molecular weight excluding hydrogens is 292 g/mol. The maximum absolute atomic E-state index is 11.4. The van der Waals surface area contributed by atoms with Gasteiger partial charge in [-0.25, -0.2) is 9.67 Å². The number of rotatable bonds is 3. The Morgan fingerprint density at radius 3 is 2.86 bits per heavy atom. The number of nitrogen functional groups attached to an aromatic ring is 1. The predicted molar refractivity (Wildman–Crippen MR) is 75.1 cm³/mol. The molecule has 3 heterocycles. The summed E-state index contributed by atoms with van der Waals surface area (Å²) in [6.07, 6.45) is 3.29. The van der Waals surface area contributed by atoms with Gasteiger partial charge in [-0.15, -0.1) is 0 Å². The second-order valence-electron chi connectivity index (χ2n) is 4.02. The zero-order chi connectivity index (χ0) is 14.8. The van der Waals surface area contributed by atoms with Crippen LogP contribution in [0.3, 0.4) is 0 Å². The molecule has 0 radical (unpaired) electrons. The molecule has 3 N–H and O–H groups in total. The van der Waals surface area contributed by atoms with E-state index in [9.17, 15) is 4.79 Å². The lowest BCUT2D eigenvalue weighted by atomic mass is 10.5. The molecule has 0 saturated carbocycles. The van der Waals surface area contributed by atoms with E-state index in [2.05, 4.69) is 30.0 Å². The number of nitrogens with zero attached hydrogens (tertiary/aromatic N) is 6. The lowest BCUT2D eigenvalue weighted by Crippen LogP contribution is -2.10. The van der Waals surface area contributed by atoms with Crippen molar-refractivity contribution in [3.05, 3.63) is 40.6 Å². The normalized spacial score (nSPS) is 10.7. The molecule has 3 aromatic heterocycles. The van der Waals surface area contributed by atoms with E-state index in [1.807, 2.05) is 0 Å². The summed E-state index contributed by atoms with van der Waals surface area (Å²) in [4.78, 5) is 30.5. The highest BCUT2D eigenvalue weighted by atomic mass is 32.2. The van der Waals surface area contributed by atoms with Crippen LogP contribution in [0.4, 0.5) is 5.95 Å². The van der Waals surface area contributed by atoms with Crippen LogP contribution in [0.15, 0.2) is 39.6 Å². The van der Waals surface area contributed by atoms with Crippen LogP contribution in [0.2, 0.25) is 0 Å². The average Bonchev–Trinajstić information content (AvgIpc) is 2.90. The van der Waals surface area contributed by atoms with E-state index >= 15 is 0 Å². The van der Waals surface area contributed by atoms with E-state index in [-0.39, 0.29) is 11.5 Å². The molecule has 0 aromatic carbocycles. The van der Waals surface area contributed by atoms with Gasteiger partial charge in [-0.1, -0.05) is 0 Å². The summed E-state index contributed by atoms with van der Waals surface area (Å²) in [5.41, 5.74) is 6.04. The van der Waals surface area contributed by atoms with E-state index in [0.717, 1.165) is 11.8 Å². The molecule has 3 rings (SSSR count). The highest BCUT2D eigenvalue weighted by molar-refractivity contribution is 7.99. The first-order chi connectivity index (χ1) is 10.1. The molecule has 9 nitrogen and oxygen atoms in total. The molecule has 0 saturated heterocycles. The van der Waals surface area contributed by atoms with Crippen molar-refractivity contribution in [2.24, 2.45) is 0 Å². The van der Waals surface area contributed by atoms with Gasteiger partial charge in [0.25, 0.3) is 11.5 Å². The van der Waals surface area contributed by atoms with Crippen LogP contribution >= 0.6 is 11.8 Å². The maximum Gasteiger partial charge on any atom is 0.256 e. The number of aryl methyl sites for hydroxylation is 1. The molecule has 10 heteroatoms. The van der Waals surface area contributed by atoms with Gasteiger partial charge >= 0.3 is 0 Å². The summed E-state index contributed by atoms with van der Waals surface area (Å²) in [5, 5.41) is 4.74. The van der Waals surface area contributed by atoms with E-state index in [1.165, 1.54) is 10.7 Å². The highest BCUT2D eigenvalue weighted by Gasteiger charge is 2.10. The predicted octanol–water partition coefficient (Wildman–Crippen LogP) is 0.182. The van der Waals surface area contributed by atoms with Gasteiger partial charge in [0, 0.05) is 24.2 Å². The number of nitrogens with one attached hydrogen (secondary N) is 1. The van der Waals surface area contributed by atoms with Gasteiger partial charge in [-0.3, -0.25) is 4.79 Å². The summed E-state index contributed by atoms with van der Waals surface area (Å²) in [7, 11) is 0. The highest BCUT2D eigenvalue weighted by Crippen LogP contribution is 2.21. The van der Waals surface area contributed by atoms with Crippen molar-refractivity contribution in [2.75, 3.05) is 5.73 Å². The molecule has 0 aliphatic carbocycles. The number of hydrogen-bond donors (Lipinski definition) is 2. The fourth-order valence-electron chi connectivity index (χ4n) is 1.58. The van der Waals surface area contributed by atoms with Crippen LogP contribution in [0.25, 0.3) is 5.95 Å². The van der Waals surface area contributed by atoms with E-state index < -0.39 is 0 Å². The average molecular weight is 302 g/mol. The van der Waals surface area contributed by atoms with Gasteiger partial charge in [0.05, 0.1) is 0 Å². The van der Waals surface area contributed by atoms with Crippen molar-refractivity contribution >= 4 is 17.7 Å². The van der Waals surface area contributed by atoms with E-state index in [0.29, 0.717) is 22.0 Å². The van der Waals surface area contributed by atoms with Crippen molar-refractivity contribution in [3.63, 3.8) is 0 Å². The molecule has 106 valence electrons. The van der Waals surface area contributed by atoms with Crippen LogP contribution in [0, 0.1) is 6.92 Å². The third kappa shape index (κ3) is 3.05. The van der Waals surface area contributed by atoms with Gasteiger partial charge in [-0.05, 0) is 24.8 Å². The Kier molecular flexibility index (Phi) is 3.36. The summed E-state index contributed by atoms with van der Waals surface area (Å²) in [6, 6.07) is 3.15. The Hall–Kier alpha value is -2.75. The third-order valence-electron chi connectivity index (χ3n) is 2.37. The van der Waals surface area contributed by atoms with Crippen LogP contribution in [-0.2, 0) is 0 Å². The minimum Gasteiger partial charge on any atom is -0.368 e. The molecule has 3 aromatic rings. The molecule has 0 amide bonds. The molecule has 0 bridgehead atoms. The van der Waals surface area contributed by atoms with Crippen LogP contribution in [-0.4, -0.2) is 34.7 Å². The second kappa shape index (κ2) is 5.32. The fourth-order valence-corrected chi connectivity index (χ4v) is 2.36. The summed E-state index contributed by atoms with van der Waals surface area (Å²) < 4.78 is 1.47. The smallest absolute Gasteiger partial charge is 0.256 e. The number of aromatic nitrogens is 7. The molecule has 0 aliphatic heterocycles. The third-order valence-corrected chi connectivity index (χ3v) is 3.12. The van der Waals surface area contributed by atoms with Crippen molar-refractivity contribution in [1.82, 2.24) is 34.7 Å². The fraction of sp³-hybridized carbons (Fsp3) is 0.0909. The summed E-state index contributed by atoms with van der Waals surface area (Å²) >= 11 is 1.09. The Morgan fingerprint density at radius 1 is 1.29 bits per heavy atom. The SMILES string of the molecule is Cc1cc(=O)[nH]c(Sc2nc(N)nc(-n3cccn3)n2)n1. The van der Waals surface area contributed by atoms with E-state index in [1.54, 1.807) is 25.4 Å². The first-order valence-electron chi connectivity index (χ1n) is 5.87. The Labute approximate surface area is 122 Å². The zero-order valence-corrected chi connectivity index (χ0v) is 11.7. The van der Waals surface area contributed by atoms with Crippen LogP contribution in [0.1, 0.15) is 5.69 Å². The Balaban J connectivity index is 1.97.